The van der Waals surface area contributed by atoms with Crippen molar-refractivity contribution in [1.82, 2.24) is 15.5 Å². The number of hydrogen-bond acceptors (Lipinski definition) is 5. The lowest BCUT2D eigenvalue weighted by Gasteiger charge is -2.15. The Bertz CT molecular complexity index is 865. The van der Waals surface area contributed by atoms with Crippen LogP contribution in [0.15, 0.2) is 34.1 Å². The van der Waals surface area contributed by atoms with Gasteiger partial charge in [-0.05, 0) is 86.9 Å². The Morgan fingerprint density at radius 3 is 2.83 bits per heavy atom. The maximum Gasteiger partial charge on any atom is 0.259 e. The van der Waals surface area contributed by atoms with Gasteiger partial charge in [0.25, 0.3) is 5.91 Å². The molecule has 3 rings (SSSR count). The van der Waals surface area contributed by atoms with Gasteiger partial charge in [0.15, 0.2) is 5.96 Å². The number of likely N-dealkylation sites (tertiary alicyclic amines) is 1. The summed E-state index contributed by atoms with van der Waals surface area (Å²) in [6.45, 7) is 4.10. The van der Waals surface area contributed by atoms with Crippen LogP contribution in [0.5, 0.6) is 5.75 Å². The SMILES string of the molecule is COc1ccc(Br)cc1CCc1sccc1C(=O)NC(=N)NCCCN1CCCC1. The topological polar surface area (TPSA) is 77.4 Å². The van der Waals surface area contributed by atoms with Gasteiger partial charge in [0, 0.05) is 15.9 Å². The zero-order chi connectivity index (χ0) is 21.3. The van der Waals surface area contributed by atoms with Gasteiger partial charge in [-0.15, -0.1) is 11.3 Å². The maximum atomic E-state index is 12.6. The van der Waals surface area contributed by atoms with Crippen LogP contribution in [0.4, 0.5) is 0 Å². The van der Waals surface area contributed by atoms with Crippen LogP contribution in [0.1, 0.15) is 40.1 Å². The molecule has 30 heavy (non-hydrogen) atoms. The molecule has 1 aliphatic heterocycles. The molecule has 3 N–H and O–H groups in total. The number of halogens is 1. The van der Waals surface area contributed by atoms with Crippen molar-refractivity contribution in [3.05, 3.63) is 50.1 Å². The first-order chi connectivity index (χ1) is 14.6. The first kappa shape index (κ1) is 22.8. The van der Waals surface area contributed by atoms with E-state index in [0.717, 1.165) is 46.5 Å². The molecule has 6 nitrogen and oxygen atoms in total. The maximum absolute atomic E-state index is 12.6. The van der Waals surface area contributed by atoms with Gasteiger partial charge < -0.3 is 15.0 Å². The molecular weight excluding hydrogens is 464 g/mol. The van der Waals surface area contributed by atoms with Crippen molar-refractivity contribution < 1.29 is 9.53 Å². The molecule has 1 saturated heterocycles. The molecule has 1 fully saturated rings. The number of benzene rings is 1. The number of carbonyl (C=O) groups is 1. The van der Waals surface area contributed by atoms with Crippen molar-refractivity contribution in [3.63, 3.8) is 0 Å². The zero-order valence-corrected chi connectivity index (χ0v) is 19.7. The fraction of sp³-hybridized carbons (Fsp3) is 0.455. The average molecular weight is 493 g/mol. The van der Waals surface area contributed by atoms with Crippen LogP contribution < -0.4 is 15.4 Å². The number of nitrogens with one attached hydrogen (secondary N) is 3. The van der Waals surface area contributed by atoms with Gasteiger partial charge >= 0.3 is 0 Å². The number of ether oxygens (including phenoxy) is 1. The summed E-state index contributed by atoms with van der Waals surface area (Å²) in [6.07, 6.45) is 5.06. The zero-order valence-electron chi connectivity index (χ0n) is 17.3. The molecule has 162 valence electrons. The Morgan fingerprint density at radius 2 is 2.07 bits per heavy atom. The number of carbonyl (C=O) groups excluding carboxylic acids is 1. The van der Waals surface area contributed by atoms with Gasteiger partial charge in [0.2, 0.25) is 0 Å². The van der Waals surface area contributed by atoms with Gasteiger partial charge in [-0.2, -0.15) is 0 Å². The van der Waals surface area contributed by atoms with Gasteiger partial charge in [-0.1, -0.05) is 15.9 Å². The van der Waals surface area contributed by atoms with E-state index in [9.17, 15) is 4.79 Å². The van der Waals surface area contributed by atoms with Crippen molar-refractivity contribution in [2.75, 3.05) is 33.3 Å². The van der Waals surface area contributed by atoms with Crippen molar-refractivity contribution in [2.24, 2.45) is 0 Å². The molecule has 0 atom stereocenters. The molecule has 0 saturated carbocycles. The number of thiophene rings is 1. The third-order valence-electron chi connectivity index (χ3n) is 5.24. The fourth-order valence-electron chi connectivity index (χ4n) is 3.67. The highest BCUT2D eigenvalue weighted by Crippen LogP contribution is 2.26. The quantitative estimate of drug-likeness (QED) is 0.280. The first-order valence-electron chi connectivity index (χ1n) is 10.3. The minimum atomic E-state index is -0.232. The van der Waals surface area contributed by atoms with Gasteiger partial charge in [0.05, 0.1) is 12.7 Å². The van der Waals surface area contributed by atoms with Gasteiger partial charge in [-0.3, -0.25) is 15.5 Å². The Kier molecular flexibility index (Phi) is 8.72. The number of methoxy groups -OCH3 is 1. The lowest BCUT2D eigenvalue weighted by atomic mass is 10.1. The van der Waals surface area contributed by atoms with Crippen molar-refractivity contribution in [2.45, 2.75) is 32.1 Å². The molecular formula is C22H29BrN4O2S. The van der Waals surface area contributed by atoms with E-state index in [1.54, 1.807) is 18.4 Å². The second-order valence-electron chi connectivity index (χ2n) is 7.37. The van der Waals surface area contributed by atoms with Gasteiger partial charge in [0.1, 0.15) is 5.75 Å². The monoisotopic (exact) mass is 492 g/mol. The highest BCUT2D eigenvalue weighted by molar-refractivity contribution is 9.10. The van der Waals surface area contributed by atoms with E-state index in [-0.39, 0.29) is 11.9 Å². The van der Waals surface area contributed by atoms with Crippen LogP contribution in [0.2, 0.25) is 0 Å². The Hall–Kier alpha value is -1.90. The molecule has 2 aromatic rings. The summed E-state index contributed by atoms with van der Waals surface area (Å²) in [5.41, 5.74) is 1.73. The van der Waals surface area contributed by atoms with Crippen molar-refractivity contribution >= 4 is 39.1 Å². The van der Waals surface area contributed by atoms with Crippen LogP contribution in [-0.4, -0.2) is 50.1 Å². The van der Waals surface area contributed by atoms with Crippen LogP contribution in [0.3, 0.4) is 0 Å². The molecule has 0 aliphatic carbocycles. The highest BCUT2D eigenvalue weighted by atomic mass is 79.9. The highest BCUT2D eigenvalue weighted by Gasteiger charge is 2.15. The van der Waals surface area contributed by atoms with E-state index in [0.29, 0.717) is 12.1 Å². The number of guanidine groups is 1. The third kappa shape index (κ3) is 6.55. The number of rotatable bonds is 9. The minimum Gasteiger partial charge on any atom is -0.496 e. The van der Waals surface area contributed by atoms with Crippen LogP contribution in [0, 0.1) is 5.41 Å². The van der Waals surface area contributed by atoms with E-state index in [1.807, 2.05) is 29.6 Å². The van der Waals surface area contributed by atoms with E-state index in [1.165, 1.54) is 25.9 Å². The number of aryl methyl sites for hydroxylation is 2. The Balaban J connectivity index is 1.47. The first-order valence-corrected chi connectivity index (χ1v) is 12.0. The van der Waals surface area contributed by atoms with E-state index in [2.05, 4.69) is 31.5 Å². The van der Waals surface area contributed by atoms with Crippen molar-refractivity contribution in [3.8, 4) is 5.75 Å². The van der Waals surface area contributed by atoms with Crippen molar-refractivity contribution in [1.29, 1.82) is 5.41 Å². The molecule has 1 aliphatic rings. The average Bonchev–Trinajstić information content (AvgIpc) is 3.41. The summed E-state index contributed by atoms with van der Waals surface area (Å²) in [4.78, 5) is 16.1. The normalized spacial score (nSPS) is 13.9. The predicted molar refractivity (Wildman–Crippen MR) is 126 cm³/mol. The van der Waals surface area contributed by atoms with Gasteiger partial charge in [-0.25, -0.2) is 0 Å². The third-order valence-corrected chi connectivity index (χ3v) is 6.72. The minimum absolute atomic E-state index is 0.0623. The number of hydrogen-bond donors (Lipinski definition) is 3. The number of nitrogens with zero attached hydrogens (tertiary/aromatic N) is 1. The second kappa shape index (κ2) is 11.5. The van der Waals surface area contributed by atoms with E-state index in [4.69, 9.17) is 10.1 Å². The predicted octanol–water partition coefficient (Wildman–Crippen LogP) is 4.04. The molecule has 0 spiro atoms. The van der Waals surface area contributed by atoms with E-state index < -0.39 is 0 Å². The van der Waals surface area contributed by atoms with Crippen LogP contribution in [0.25, 0.3) is 0 Å². The van der Waals surface area contributed by atoms with Crippen LogP contribution >= 0.6 is 27.3 Å². The fourth-order valence-corrected chi connectivity index (χ4v) is 4.96. The molecule has 0 radical (unpaired) electrons. The molecule has 2 heterocycles. The summed E-state index contributed by atoms with van der Waals surface area (Å²) in [6, 6.07) is 7.77. The molecule has 1 amide bonds. The summed E-state index contributed by atoms with van der Waals surface area (Å²) in [5.74, 6) is 0.678. The lowest BCUT2D eigenvalue weighted by molar-refractivity contribution is 0.0975. The molecule has 0 unspecified atom stereocenters. The molecule has 8 heteroatoms. The second-order valence-corrected chi connectivity index (χ2v) is 9.29. The summed E-state index contributed by atoms with van der Waals surface area (Å²) < 4.78 is 6.45. The summed E-state index contributed by atoms with van der Waals surface area (Å²) in [7, 11) is 1.67. The molecule has 1 aromatic heterocycles. The standard InChI is InChI=1S/C22H29BrN4O2S/c1-29-19-7-6-17(23)15-16(19)5-8-20-18(9-14-30-20)21(28)26-22(24)25-10-4-13-27-11-2-3-12-27/h6-7,9,14-15H,2-5,8,10-13H2,1H3,(H3,24,25,26,28). The molecule has 1 aromatic carbocycles. The molecule has 0 bridgehead atoms. The van der Waals surface area contributed by atoms with E-state index >= 15 is 0 Å². The Labute approximate surface area is 190 Å². The largest absolute Gasteiger partial charge is 0.496 e. The Morgan fingerprint density at radius 1 is 1.27 bits per heavy atom. The lowest BCUT2D eigenvalue weighted by Crippen LogP contribution is -2.41. The smallest absolute Gasteiger partial charge is 0.259 e. The summed E-state index contributed by atoms with van der Waals surface area (Å²) in [5, 5.41) is 15.6. The summed E-state index contributed by atoms with van der Waals surface area (Å²) >= 11 is 5.07. The number of amides is 1. The van der Waals surface area contributed by atoms with Crippen LogP contribution in [-0.2, 0) is 12.8 Å².